The fraction of sp³-hybridized carbons (Fsp3) is 0.130. The molecule has 0 atom stereocenters. The van der Waals surface area contributed by atoms with E-state index in [2.05, 4.69) is 10.5 Å². The number of aryl methyl sites for hydroxylation is 1. The van der Waals surface area contributed by atoms with Gasteiger partial charge in [-0.15, -0.1) is 0 Å². The second-order valence-electron chi connectivity index (χ2n) is 6.52. The van der Waals surface area contributed by atoms with E-state index in [4.69, 9.17) is 27.9 Å². The normalized spacial score (nSPS) is 10.9. The lowest BCUT2D eigenvalue weighted by molar-refractivity contribution is -0.120. The number of para-hydroxylation sites is 1. The molecule has 1 N–H and O–H groups in total. The average molecular weight is 427 g/mol. The van der Waals surface area contributed by atoms with E-state index >= 15 is 0 Å². The van der Waals surface area contributed by atoms with Crippen LogP contribution in [-0.4, -0.2) is 12.1 Å². The number of nitrogens with zero attached hydrogens (tertiary/aromatic N) is 1. The van der Waals surface area contributed by atoms with Crippen LogP contribution in [0.1, 0.15) is 22.3 Å². The van der Waals surface area contributed by atoms with Gasteiger partial charge in [0, 0.05) is 21.2 Å². The fourth-order valence-electron chi connectivity index (χ4n) is 2.62. The minimum absolute atomic E-state index is 0.184. The molecule has 0 fully saturated rings. The Balaban J connectivity index is 1.59. The summed E-state index contributed by atoms with van der Waals surface area (Å²) in [6, 6.07) is 20.5. The lowest BCUT2D eigenvalue weighted by Crippen LogP contribution is -2.19. The van der Waals surface area contributed by atoms with Gasteiger partial charge in [-0.05, 0) is 36.8 Å². The van der Waals surface area contributed by atoms with Crippen molar-refractivity contribution in [3.8, 4) is 5.75 Å². The molecule has 0 unspecified atom stereocenters. The Morgan fingerprint density at radius 3 is 2.59 bits per heavy atom. The Bertz CT molecular complexity index is 1020. The highest BCUT2D eigenvalue weighted by Gasteiger charge is 2.06. The predicted octanol–water partition coefficient (Wildman–Crippen LogP) is 5.57. The van der Waals surface area contributed by atoms with Gasteiger partial charge in [0.05, 0.1) is 12.6 Å². The van der Waals surface area contributed by atoms with E-state index < -0.39 is 0 Å². The Labute approximate surface area is 180 Å². The molecule has 0 saturated carbocycles. The monoisotopic (exact) mass is 426 g/mol. The van der Waals surface area contributed by atoms with Crippen LogP contribution >= 0.6 is 23.2 Å². The van der Waals surface area contributed by atoms with Crippen LogP contribution in [0.2, 0.25) is 10.0 Å². The summed E-state index contributed by atoms with van der Waals surface area (Å²) in [4.78, 5) is 12.1. The number of ether oxygens (including phenoxy) is 1. The van der Waals surface area contributed by atoms with E-state index in [-0.39, 0.29) is 12.3 Å². The molecule has 1 amide bonds. The molecule has 6 heteroatoms. The van der Waals surface area contributed by atoms with E-state index in [0.717, 1.165) is 22.3 Å². The smallest absolute Gasteiger partial charge is 0.244 e. The van der Waals surface area contributed by atoms with Crippen LogP contribution in [-0.2, 0) is 17.8 Å². The summed E-state index contributed by atoms with van der Waals surface area (Å²) in [5.74, 6) is 0.450. The molecule has 0 spiro atoms. The molecule has 3 aromatic rings. The van der Waals surface area contributed by atoms with Crippen molar-refractivity contribution in [3.63, 3.8) is 0 Å². The molecule has 0 aliphatic heterocycles. The molecule has 0 aromatic heterocycles. The van der Waals surface area contributed by atoms with Crippen LogP contribution < -0.4 is 10.2 Å². The molecular formula is C23H20Cl2N2O2. The molecule has 0 heterocycles. The second-order valence-corrected chi connectivity index (χ2v) is 7.36. The number of hydrogen-bond acceptors (Lipinski definition) is 3. The van der Waals surface area contributed by atoms with Gasteiger partial charge in [-0.3, -0.25) is 4.79 Å². The molecule has 0 bridgehead atoms. The molecule has 3 rings (SSSR count). The number of rotatable bonds is 7. The molecule has 0 aliphatic rings. The Morgan fingerprint density at radius 1 is 1.07 bits per heavy atom. The van der Waals surface area contributed by atoms with Crippen molar-refractivity contribution in [2.45, 2.75) is 20.0 Å². The van der Waals surface area contributed by atoms with Gasteiger partial charge >= 0.3 is 0 Å². The Hall–Kier alpha value is -2.82. The predicted molar refractivity (Wildman–Crippen MR) is 118 cm³/mol. The van der Waals surface area contributed by atoms with E-state index in [1.165, 1.54) is 0 Å². The molecule has 0 radical (unpaired) electrons. The van der Waals surface area contributed by atoms with Gasteiger partial charge in [-0.1, -0.05) is 71.2 Å². The first kappa shape index (κ1) is 20.9. The molecular weight excluding hydrogens is 407 g/mol. The highest BCUT2D eigenvalue weighted by molar-refractivity contribution is 6.35. The quantitative estimate of drug-likeness (QED) is 0.396. The summed E-state index contributed by atoms with van der Waals surface area (Å²) in [6.45, 7) is 2.30. The third-order valence-electron chi connectivity index (χ3n) is 4.20. The van der Waals surface area contributed by atoms with Crippen molar-refractivity contribution in [2.24, 2.45) is 5.10 Å². The maximum atomic E-state index is 12.1. The first-order valence-electron chi connectivity index (χ1n) is 9.04. The van der Waals surface area contributed by atoms with Gasteiger partial charge in [0.25, 0.3) is 0 Å². The zero-order valence-electron chi connectivity index (χ0n) is 15.9. The number of benzene rings is 3. The topological polar surface area (TPSA) is 50.7 Å². The largest absolute Gasteiger partial charge is 0.488 e. The number of carbonyl (C=O) groups excluding carboxylic acids is 1. The molecule has 148 valence electrons. The lowest BCUT2D eigenvalue weighted by Gasteiger charge is -2.10. The van der Waals surface area contributed by atoms with E-state index in [1.54, 1.807) is 18.3 Å². The third kappa shape index (κ3) is 6.34. The maximum Gasteiger partial charge on any atom is 0.244 e. The van der Waals surface area contributed by atoms with Gasteiger partial charge < -0.3 is 4.74 Å². The van der Waals surface area contributed by atoms with E-state index in [0.29, 0.717) is 22.4 Å². The number of hydrogen-bond donors (Lipinski definition) is 1. The minimum atomic E-state index is -0.184. The number of halogens is 2. The van der Waals surface area contributed by atoms with Crippen molar-refractivity contribution in [1.29, 1.82) is 0 Å². The van der Waals surface area contributed by atoms with Gasteiger partial charge in [0.2, 0.25) is 5.91 Å². The highest BCUT2D eigenvalue weighted by Crippen LogP contribution is 2.23. The molecule has 0 saturated heterocycles. The zero-order valence-corrected chi connectivity index (χ0v) is 17.4. The highest BCUT2D eigenvalue weighted by atomic mass is 35.5. The van der Waals surface area contributed by atoms with Crippen LogP contribution in [0, 0.1) is 6.92 Å². The lowest BCUT2D eigenvalue weighted by atomic mass is 10.1. The van der Waals surface area contributed by atoms with Crippen LogP contribution in [0.15, 0.2) is 71.8 Å². The first-order valence-corrected chi connectivity index (χ1v) is 9.80. The minimum Gasteiger partial charge on any atom is -0.488 e. The van der Waals surface area contributed by atoms with Crippen LogP contribution in [0.4, 0.5) is 0 Å². The van der Waals surface area contributed by atoms with Gasteiger partial charge in [0.15, 0.2) is 0 Å². The number of hydrazone groups is 1. The van der Waals surface area contributed by atoms with Crippen molar-refractivity contribution in [3.05, 3.63) is 99.0 Å². The van der Waals surface area contributed by atoms with Crippen molar-refractivity contribution in [1.82, 2.24) is 5.43 Å². The van der Waals surface area contributed by atoms with Crippen LogP contribution in [0.25, 0.3) is 0 Å². The fourth-order valence-corrected chi connectivity index (χ4v) is 3.08. The van der Waals surface area contributed by atoms with Crippen LogP contribution in [0.5, 0.6) is 5.75 Å². The number of amides is 1. The van der Waals surface area contributed by atoms with Gasteiger partial charge in [0.1, 0.15) is 12.4 Å². The Morgan fingerprint density at radius 2 is 1.83 bits per heavy atom. The van der Waals surface area contributed by atoms with Crippen LogP contribution in [0.3, 0.4) is 0 Å². The number of nitrogens with one attached hydrogen (secondary N) is 1. The summed E-state index contributed by atoms with van der Waals surface area (Å²) in [6.07, 6.45) is 1.83. The maximum absolute atomic E-state index is 12.1. The molecule has 0 aliphatic carbocycles. The standard InChI is InChI=1S/C23H20Cl2N2O2/c1-16-6-8-17(9-7-16)12-23(28)27-26-14-18-4-2-3-5-22(18)29-15-19-10-11-20(24)13-21(19)25/h2-11,13-14H,12,15H2,1H3,(H,27,28)/b26-14+. The summed E-state index contributed by atoms with van der Waals surface area (Å²) in [5.41, 5.74) is 6.21. The van der Waals surface area contributed by atoms with Crippen molar-refractivity contribution < 1.29 is 9.53 Å². The number of carbonyl (C=O) groups is 1. The average Bonchev–Trinajstić information content (AvgIpc) is 2.70. The zero-order chi connectivity index (χ0) is 20.6. The summed E-state index contributed by atoms with van der Waals surface area (Å²) < 4.78 is 5.88. The molecule has 3 aromatic carbocycles. The van der Waals surface area contributed by atoms with E-state index in [9.17, 15) is 4.79 Å². The van der Waals surface area contributed by atoms with E-state index in [1.807, 2.05) is 61.5 Å². The van der Waals surface area contributed by atoms with Crippen molar-refractivity contribution >= 4 is 35.3 Å². The third-order valence-corrected chi connectivity index (χ3v) is 4.78. The molecule has 4 nitrogen and oxygen atoms in total. The van der Waals surface area contributed by atoms with Gasteiger partial charge in [-0.2, -0.15) is 5.10 Å². The van der Waals surface area contributed by atoms with Crippen molar-refractivity contribution in [2.75, 3.05) is 0 Å². The summed E-state index contributed by atoms with van der Waals surface area (Å²) >= 11 is 12.1. The van der Waals surface area contributed by atoms with Gasteiger partial charge in [-0.25, -0.2) is 5.43 Å². The SMILES string of the molecule is Cc1ccc(CC(=O)N/N=C/c2ccccc2OCc2ccc(Cl)cc2Cl)cc1. The summed E-state index contributed by atoms with van der Waals surface area (Å²) in [5, 5.41) is 5.18. The molecule has 29 heavy (non-hydrogen) atoms. The first-order chi connectivity index (χ1) is 14.0. The second kappa shape index (κ2) is 10.1. The summed E-state index contributed by atoms with van der Waals surface area (Å²) in [7, 11) is 0. The Kier molecular flexibility index (Phi) is 7.28.